The van der Waals surface area contributed by atoms with Crippen molar-refractivity contribution in [1.82, 2.24) is 9.55 Å². The molecule has 1 fully saturated rings. The van der Waals surface area contributed by atoms with Crippen molar-refractivity contribution in [1.29, 1.82) is 0 Å². The van der Waals surface area contributed by atoms with Crippen molar-refractivity contribution < 1.29 is 4.74 Å². The molecule has 6 heteroatoms. The van der Waals surface area contributed by atoms with Gasteiger partial charge in [-0.15, -0.1) is 0 Å². The molecule has 0 spiro atoms. The van der Waals surface area contributed by atoms with E-state index in [4.69, 9.17) is 21.3 Å². The van der Waals surface area contributed by atoms with Gasteiger partial charge in [-0.25, -0.2) is 4.98 Å². The van der Waals surface area contributed by atoms with Crippen LogP contribution >= 0.6 is 23.4 Å². The molecule has 0 amide bonds. The van der Waals surface area contributed by atoms with E-state index in [2.05, 4.69) is 31.2 Å². The summed E-state index contributed by atoms with van der Waals surface area (Å²) in [5.74, 6) is 0.754. The molecule has 0 radical (unpaired) electrons. The van der Waals surface area contributed by atoms with Crippen molar-refractivity contribution in [2.75, 3.05) is 6.61 Å². The number of thioether (sulfide) groups is 1. The van der Waals surface area contributed by atoms with E-state index in [0.29, 0.717) is 27.6 Å². The van der Waals surface area contributed by atoms with Gasteiger partial charge in [0, 0.05) is 17.4 Å². The molecule has 1 aromatic heterocycles. The molecule has 0 aliphatic carbocycles. The summed E-state index contributed by atoms with van der Waals surface area (Å²) in [4.78, 5) is 17.9. The minimum absolute atomic E-state index is 0.0291. The molecule has 2 heterocycles. The van der Waals surface area contributed by atoms with Gasteiger partial charge >= 0.3 is 0 Å². The van der Waals surface area contributed by atoms with Gasteiger partial charge in [0.15, 0.2) is 5.16 Å². The van der Waals surface area contributed by atoms with Gasteiger partial charge in [-0.05, 0) is 43.5 Å². The lowest BCUT2D eigenvalue weighted by Gasteiger charge is -2.16. The fourth-order valence-corrected chi connectivity index (χ4v) is 4.40. The van der Waals surface area contributed by atoms with Crippen molar-refractivity contribution in [3.63, 3.8) is 0 Å². The Labute approximate surface area is 167 Å². The molecule has 1 atom stereocenters. The topological polar surface area (TPSA) is 44.1 Å². The van der Waals surface area contributed by atoms with E-state index >= 15 is 0 Å². The minimum atomic E-state index is -0.0291. The van der Waals surface area contributed by atoms with Crippen LogP contribution in [0.3, 0.4) is 0 Å². The van der Waals surface area contributed by atoms with Crippen molar-refractivity contribution in [3.8, 4) is 0 Å². The van der Waals surface area contributed by atoms with Crippen LogP contribution in [-0.2, 0) is 17.0 Å². The molecular weight excluding hydrogens is 380 g/mol. The lowest BCUT2D eigenvalue weighted by molar-refractivity contribution is 0.0937. The third-order valence-electron chi connectivity index (χ3n) is 4.78. The smallest absolute Gasteiger partial charge is 0.262 e. The summed E-state index contributed by atoms with van der Waals surface area (Å²) in [6, 6.07) is 13.7. The zero-order chi connectivity index (χ0) is 18.8. The van der Waals surface area contributed by atoms with E-state index in [0.717, 1.165) is 25.2 Å². The van der Waals surface area contributed by atoms with Crippen LogP contribution in [0.15, 0.2) is 52.4 Å². The maximum atomic E-state index is 13.1. The first-order chi connectivity index (χ1) is 13.1. The number of ether oxygens (including phenoxy) is 1. The molecule has 3 aromatic rings. The molecule has 0 N–H and O–H groups in total. The maximum absolute atomic E-state index is 13.1. The summed E-state index contributed by atoms with van der Waals surface area (Å²) in [6.07, 6.45) is 2.10. The van der Waals surface area contributed by atoms with E-state index in [1.165, 1.54) is 11.1 Å². The van der Waals surface area contributed by atoms with Gasteiger partial charge in [0.25, 0.3) is 5.56 Å². The summed E-state index contributed by atoms with van der Waals surface area (Å²) in [6.45, 7) is 3.38. The number of rotatable bonds is 5. The average Bonchev–Trinajstić information content (AvgIpc) is 3.17. The first-order valence-electron chi connectivity index (χ1n) is 9.10. The Balaban J connectivity index is 1.70. The summed E-state index contributed by atoms with van der Waals surface area (Å²) in [5, 5.41) is 1.89. The Kier molecular flexibility index (Phi) is 5.53. The number of aromatic nitrogens is 2. The van der Waals surface area contributed by atoms with Crippen LogP contribution in [0.2, 0.25) is 5.02 Å². The van der Waals surface area contributed by atoms with E-state index < -0.39 is 0 Å². The quantitative estimate of drug-likeness (QED) is 0.454. The number of fused-ring (bicyclic) bond motifs is 1. The molecule has 4 nitrogen and oxygen atoms in total. The second-order valence-corrected chi connectivity index (χ2v) is 8.26. The first-order valence-corrected chi connectivity index (χ1v) is 10.5. The highest BCUT2D eigenvalue weighted by atomic mass is 35.5. The van der Waals surface area contributed by atoms with Crippen LogP contribution in [0.1, 0.15) is 24.0 Å². The fraction of sp³-hybridized carbons (Fsp3) is 0.333. The molecule has 0 unspecified atom stereocenters. The minimum Gasteiger partial charge on any atom is -0.376 e. The highest BCUT2D eigenvalue weighted by molar-refractivity contribution is 7.98. The van der Waals surface area contributed by atoms with Gasteiger partial charge in [-0.3, -0.25) is 9.36 Å². The molecule has 1 aliphatic heterocycles. The Bertz CT molecular complexity index is 1010. The third-order valence-corrected chi connectivity index (χ3v) is 6.06. The van der Waals surface area contributed by atoms with Crippen LogP contribution in [-0.4, -0.2) is 22.3 Å². The predicted octanol–water partition coefficient (Wildman–Crippen LogP) is 4.83. The zero-order valence-corrected chi connectivity index (χ0v) is 16.7. The normalized spacial score (nSPS) is 16.9. The monoisotopic (exact) mass is 400 g/mol. The van der Waals surface area contributed by atoms with Gasteiger partial charge in [0.2, 0.25) is 0 Å². The predicted molar refractivity (Wildman–Crippen MR) is 111 cm³/mol. The van der Waals surface area contributed by atoms with Gasteiger partial charge in [-0.1, -0.05) is 53.2 Å². The third kappa shape index (κ3) is 4.21. The summed E-state index contributed by atoms with van der Waals surface area (Å²) in [7, 11) is 0. The molecule has 0 bridgehead atoms. The molecule has 2 aromatic carbocycles. The van der Waals surface area contributed by atoms with Crippen molar-refractivity contribution in [2.24, 2.45) is 0 Å². The van der Waals surface area contributed by atoms with E-state index in [1.807, 2.05) is 0 Å². The SMILES string of the molecule is Cc1ccc(CSc2nc3cc(Cl)ccc3c(=O)n2C[C@@H]2CCCO2)cc1. The van der Waals surface area contributed by atoms with Gasteiger partial charge in [-0.2, -0.15) is 0 Å². The maximum Gasteiger partial charge on any atom is 0.262 e. The summed E-state index contributed by atoms with van der Waals surface area (Å²) < 4.78 is 7.53. The largest absolute Gasteiger partial charge is 0.376 e. The molecule has 4 rings (SSSR count). The van der Waals surface area contributed by atoms with Crippen LogP contribution in [0.25, 0.3) is 10.9 Å². The van der Waals surface area contributed by atoms with Crippen molar-refractivity contribution in [2.45, 2.75) is 43.3 Å². The number of aryl methyl sites for hydroxylation is 1. The van der Waals surface area contributed by atoms with Crippen LogP contribution in [0.5, 0.6) is 0 Å². The Morgan fingerprint density at radius 3 is 2.81 bits per heavy atom. The van der Waals surface area contributed by atoms with Gasteiger partial charge < -0.3 is 4.74 Å². The van der Waals surface area contributed by atoms with Crippen LogP contribution in [0, 0.1) is 6.92 Å². The second-order valence-electron chi connectivity index (χ2n) is 6.88. The van der Waals surface area contributed by atoms with E-state index in [9.17, 15) is 4.79 Å². The summed E-state index contributed by atoms with van der Waals surface area (Å²) >= 11 is 7.69. The average molecular weight is 401 g/mol. The number of hydrogen-bond acceptors (Lipinski definition) is 4. The molecule has 1 saturated heterocycles. The Morgan fingerprint density at radius 1 is 1.26 bits per heavy atom. The van der Waals surface area contributed by atoms with Crippen LogP contribution < -0.4 is 5.56 Å². The lowest BCUT2D eigenvalue weighted by Crippen LogP contribution is -2.28. The van der Waals surface area contributed by atoms with E-state index in [1.54, 1.807) is 34.5 Å². The first kappa shape index (κ1) is 18.5. The van der Waals surface area contributed by atoms with Gasteiger partial charge in [0.05, 0.1) is 23.6 Å². The highest BCUT2D eigenvalue weighted by Crippen LogP contribution is 2.25. The Hall–Kier alpha value is -1.82. The zero-order valence-electron chi connectivity index (χ0n) is 15.2. The summed E-state index contributed by atoms with van der Waals surface area (Å²) in [5.41, 5.74) is 3.05. The standard InChI is InChI=1S/C21H21ClN2O2S/c1-14-4-6-15(7-5-14)13-27-21-23-19-11-16(22)8-9-18(19)20(25)24(21)12-17-3-2-10-26-17/h4-9,11,17H,2-3,10,12-13H2,1H3/t17-/m0/s1. The number of hydrogen-bond donors (Lipinski definition) is 0. The highest BCUT2D eigenvalue weighted by Gasteiger charge is 2.20. The van der Waals surface area contributed by atoms with Gasteiger partial charge in [0.1, 0.15) is 0 Å². The number of nitrogens with zero attached hydrogens (tertiary/aromatic N) is 2. The van der Waals surface area contributed by atoms with Crippen molar-refractivity contribution in [3.05, 3.63) is 69.0 Å². The molecule has 140 valence electrons. The number of benzene rings is 2. The fourth-order valence-electron chi connectivity index (χ4n) is 3.27. The lowest BCUT2D eigenvalue weighted by atomic mass is 10.2. The van der Waals surface area contributed by atoms with Crippen LogP contribution in [0.4, 0.5) is 0 Å². The molecule has 1 aliphatic rings. The molecular formula is C21H21ClN2O2S. The van der Waals surface area contributed by atoms with E-state index in [-0.39, 0.29) is 11.7 Å². The Morgan fingerprint density at radius 2 is 2.07 bits per heavy atom. The second kappa shape index (κ2) is 8.05. The van der Waals surface area contributed by atoms with Crippen molar-refractivity contribution >= 4 is 34.3 Å². The number of halogens is 1. The molecule has 0 saturated carbocycles. The molecule has 27 heavy (non-hydrogen) atoms.